The highest BCUT2D eigenvalue weighted by atomic mass is 16.6. The Hall–Kier alpha value is -3.23. The highest BCUT2D eigenvalue weighted by Crippen LogP contribution is 2.31. The minimum atomic E-state index is -0.217. The monoisotopic (exact) mass is 580 g/mol. The number of hydrogen-bond donors (Lipinski definition) is 0. The third kappa shape index (κ3) is 10.9. The third-order valence-electron chi connectivity index (χ3n) is 8.22. The van der Waals surface area contributed by atoms with Crippen LogP contribution >= 0.6 is 0 Å². The van der Waals surface area contributed by atoms with E-state index in [1.807, 2.05) is 60.7 Å². The minimum absolute atomic E-state index is 0.0209. The van der Waals surface area contributed by atoms with Crippen LogP contribution in [0, 0.1) is 23.7 Å². The Bertz CT molecular complexity index is 1070. The van der Waals surface area contributed by atoms with Crippen molar-refractivity contribution in [1.29, 1.82) is 0 Å². The molecule has 0 spiro atoms. The largest absolute Gasteiger partial charge is 0.463 e. The third-order valence-corrected chi connectivity index (χ3v) is 8.22. The van der Waals surface area contributed by atoms with Gasteiger partial charge in [-0.25, -0.2) is 0 Å². The molecule has 2 fully saturated rings. The maximum Gasteiger partial charge on any atom is 0.309 e. The van der Waals surface area contributed by atoms with Crippen LogP contribution in [0.25, 0.3) is 0 Å². The average Bonchev–Trinajstić information content (AvgIpc) is 3.05. The van der Waals surface area contributed by atoms with E-state index in [1.54, 1.807) is 0 Å². The van der Waals surface area contributed by atoms with Crippen LogP contribution in [0.5, 0.6) is 0 Å². The Balaban J connectivity index is 0.957. The van der Waals surface area contributed by atoms with Gasteiger partial charge in [0.2, 0.25) is 0 Å². The molecule has 0 heterocycles. The Morgan fingerprint density at radius 1 is 0.500 bits per heavy atom. The molecular formula is C34H44O8. The normalized spacial score (nSPS) is 22.2. The van der Waals surface area contributed by atoms with E-state index < -0.39 is 0 Å². The first kappa shape index (κ1) is 31.7. The lowest BCUT2D eigenvalue weighted by Crippen LogP contribution is -2.28. The van der Waals surface area contributed by atoms with Crippen molar-refractivity contribution in [3.8, 4) is 0 Å². The van der Waals surface area contributed by atoms with E-state index in [-0.39, 0.29) is 48.9 Å². The summed E-state index contributed by atoms with van der Waals surface area (Å²) < 4.78 is 27.7. The molecule has 2 aromatic carbocycles. The second-order valence-electron chi connectivity index (χ2n) is 11.3. The van der Waals surface area contributed by atoms with Gasteiger partial charge in [0.15, 0.2) is 0 Å². The molecule has 0 radical (unpaired) electrons. The molecule has 0 amide bonds. The first-order valence-electron chi connectivity index (χ1n) is 15.3. The van der Waals surface area contributed by atoms with Gasteiger partial charge in [-0.15, -0.1) is 0 Å². The van der Waals surface area contributed by atoms with Gasteiger partial charge in [-0.05, 0) is 68.4 Å². The van der Waals surface area contributed by atoms with Crippen molar-refractivity contribution in [2.75, 3.05) is 33.0 Å². The molecule has 0 aromatic heterocycles. The predicted molar refractivity (Wildman–Crippen MR) is 156 cm³/mol. The van der Waals surface area contributed by atoms with Gasteiger partial charge in [0.05, 0.1) is 37.6 Å². The number of ether oxygens (including phenoxy) is 5. The van der Waals surface area contributed by atoms with Crippen molar-refractivity contribution in [2.24, 2.45) is 23.7 Å². The molecule has 228 valence electrons. The summed E-state index contributed by atoms with van der Waals surface area (Å²) in [7, 11) is 0. The van der Waals surface area contributed by atoms with Crippen molar-refractivity contribution in [1.82, 2.24) is 0 Å². The van der Waals surface area contributed by atoms with E-state index in [0.29, 0.717) is 64.6 Å². The molecule has 2 aromatic rings. The first-order valence-corrected chi connectivity index (χ1v) is 15.3. The SMILES string of the molecule is O=C(OCCOCCOCC1CCC(C(=O)OCc2ccccc2)CC1)C1CCC(C(=O)OCc2ccccc2)CC1. The first-order chi connectivity index (χ1) is 20.6. The minimum Gasteiger partial charge on any atom is -0.463 e. The summed E-state index contributed by atoms with van der Waals surface area (Å²) in [5.74, 6) is -0.403. The molecule has 0 unspecified atom stereocenters. The average molecular weight is 581 g/mol. The summed E-state index contributed by atoms with van der Waals surface area (Å²) >= 11 is 0. The van der Waals surface area contributed by atoms with Gasteiger partial charge in [0.1, 0.15) is 19.8 Å². The molecule has 2 saturated carbocycles. The predicted octanol–water partition coefficient (Wildman–Crippen LogP) is 5.66. The molecule has 0 atom stereocenters. The molecule has 42 heavy (non-hydrogen) atoms. The second kappa shape index (κ2) is 17.7. The summed E-state index contributed by atoms with van der Waals surface area (Å²) in [6.45, 7) is 2.73. The molecule has 0 saturated heterocycles. The molecular weight excluding hydrogens is 536 g/mol. The van der Waals surface area contributed by atoms with E-state index in [2.05, 4.69) is 0 Å². The van der Waals surface area contributed by atoms with E-state index >= 15 is 0 Å². The summed E-state index contributed by atoms with van der Waals surface area (Å²) in [5.41, 5.74) is 1.97. The topological polar surface area (TPSA) is 97.4 Å². The van der Waals surface area contributed by atoms with Crippen LogP contribution in [0.15, 0.2) is 60.7 Å². The van der Waals surface area contributed by atoms with Gasteiger partial charge < -0.3 is 23.7 Å². The Morgan fingerprint density at radius 3 is 1.40 bits per heavy atom. The fraction of sp³-hybridized carbons (Fsp3) is 0.559. The Labute approximate surface area is 249 Å². The van der Waals surface area contributed by atoms with Crippen LogP contribution in [-0.4, -0.2) is 50.9 Å². The molecule has 0 bridgehead atoms. The molecule has 8 heteroatoms. The number of benzene rings is 2. The van der Waals surface area contributed by atoms with E-state index in [0.717, 1.165) is 36.8 Å². The number of hydrogen-bond acceptors (Lipinski definition) is 8. The number of esters is 3. The lowest BCUT2D eigenvalue weighted by atomic mass is 9.82. The zero-order valence-corrected chi connectivity index (χ0v) is 24.5. The second-order valence-corrected chi connectivity index (χ2v) is 11.3. The Morgan fingerprint density at radius 2 is 0.905 bits per heavy atom. The zero-order chi connectivity index (χ0) is 29.4. The van der Waals surface area contributed by atoms with E-state index in [4.69, 9.17) is 23.7 Å². The van der Waals surface area contributed by atoms with Crippen LogP contribution in [0.2, 0.25) is 0 Å². The fourth-order valence-corrected chi connectivity index (χ4v) is 5.61. The van der Waals surface area contributed by atoms with Gasteiger partial charge in [0.25, 0.3) is 0 Å². The lowest BCUT2D eigenvalue weighted by molar-refractivity contribution is -0.156. The molecule has 2 aliphatic rings. The van der Waals surface area contributed by atoms with Gasteiger partial charge >= 0.3 is 17.9 Å². The summed E-state index contributed by atoms with van der Waals surface area (Å²) in [6, 6.07) is 19.4. The van der Waals surface area contributed by atoms with Gasteiger partial charge in [-0.1, -0.05) is 60.7 Å². The van der Waals surface area contributed by atoms with Crippen LogP contribution in [0.1, 0.15) is 62.5 Å². The maximum atomic E-state index is 12.4. The van der Waals surface area contributed by atoms with Crippen molar-refractivity contribution < 1.29 is 38.1 Å². The maximum absolute atomic E-state index is 12.4. The molecule has 0 aliphatic heterocycles. The zero-order valence-electron chi connectivity index (χ0n) is 24.5. The Kier molecular flexibility index (Phi) is 13.3. The lowest BCUT2D eigenvalue weighted by Gasteiger charge is -2.27. The van der Waals surface area contributed by atoms with Crippen LogP contribution in [0.3, 0.4) is 0 Å². The molecule has 4 rings (SSSR count). The number of carbonyl (C=O) groups excluding carboxylic acids is 3. The van der Waals surface area contributed by atoms with Crippen molar-refractivity contribution in [3.63, 3.8) is 0 Å². The highest BCUT2D eigenvalue weighted by Gasteiger charge is 2.32. The van der Waals surface area contributed by atoms with Gasteiger partial charge in [-0.2, -0.15) is 0 Å². The van der Waals surface area contributed by atoms with E-state index in [9.17, 15) is 14.4 Å². The van der Waals surface area contributed by atoms with Crippen LogP contribution in [-0.2, 0) is 51.3 Å². The molecule has 0 N–H and O–H groups in total. The van der Waals surface area contributed by atoms with Crippen LogP contribution < -0.4 is 0 Å². The summed E-state index contributed by atoms with van der Waals surface area (Å²) in [5, 5.41) is 0. The molecule has 2 aliphatic carbocycles. The fourth-order valence-electron chi connectivity index (χ4n) is 5.61. The van der Waals surface area contributed by atoms with Gasteiger partial charge in [0, 0.05) is 6.61 Å². The summed E-state index contributed by atoms with van der Waals surface area (Å²) in [6.07, 6.45) is 6.14. The van der Waals surface area contributed by atoms with Crippen LogP contribution in [0.4, 0.5) is 0 Å². The highest BCUT2D eigenvalue weighted by molar-refractivity contribution is 5.75. The van der Waals surface area contributed by atoms with Gasteiger partial charge in [-0.3, -0.25) is 14.4 Å². The standard InChI is InChI=1S/C34H44O8/c35-32(30-15-17-31(18-16-30)34(37)42-25-27-9-5-2-6-10-27)40-22-21-38-19-20-39-23-28-11-13-29(14-12-28)33(36)41-24-26-7-3-1-4-8-26/h1-10,28-31H,11-25H2. The van der Waals surface area contributed by atoms with Crippen molar-refractivity contribution in [3.05, 3.63) is 71.8 Å². The quantitative estimate of drug-likeness (QED) is 0.151. The van der Waals surface area contributed by atoms with E-state index in [1.165, 1.54) is 0 Å². The number of carbonyl (C=O) groups is 3. The summed E-state index contributed by atoms with van der Waals surface area (Å²) in [4.78, 5) is 37.2. The van der Waals surface area contributed by atoms with Crippen molar-refractivity contribution in [2.45, 2.75) is 64.6 Å². The number of rotatable bonds is 15. The smallest absolute Gasteiger partial charge is 0.309 e. The van der Waals surface area contributed by atoms with Crippen molar-refractivity contribution >= 4 is 17.9 Å². The molecule has 8 nitrogen and oxygen atoms in total.